The average molecular weight is 308 g/mol. The van der Waals surface area contributed by atoms with Gasteiger partial charge in [0.25, 0.3) is 0 Å². The lowest BCUT2D eigenvalue weighted by atomic mass is 10.0. The Morgan fingerprint density at radius 3 is 2.55 bits per heavy atom. The van der Waals surface area contributed by atoms with Gasteiger partial charge in [0.05, 0.1) is 5.69 Å². The zero-order valence-electron chi connectivity index (χ0n) is 14.8. The Kier molecular flexibility index (Phi) is 7.99. The molecule has 1 heterocycles. The molecule has 0 saturated carbocycles. The van der Waals surface area contributed by atoms with Gasteiger partial charge in [0.1, 0.15) is 5.76 Å². The van der Waals surface area contributed by atoms with Crippen molar-refractivity contribution in [1.29, 1.82) is 0 Å². The topological polar surface area (TPSA) is 76.4 Å². The van der Waals surface area contributed by atoms with E-state index in [-0.39, 0.29) is 0 Å². The summed E-state index contributed by atoms with van der Waals surface area (Å²) in [6.07, 6.45) is 5.51. The van der Waals surface area contributed by atoms with Crippen molar-refractivity contribution in [1.82, 2.24) is 10.5 Å². The maximum atomic E-state index is 5.93. The minimum absolute atomic E-state index is 0.380. The summed E-state index contributed by atoms with van der Waals surface area (Å²) in [7, 11) is 0. The molecule has 3 N–H and O–H groups in total. The van der Waals surface area contributed by atoms with Crippen LogP contribution in [0, 0.1) is 19.8 Å². The van der Waals surface area contributed by atoms with Crippen molar-refractivity contribution in [3.8, 4) is 0 Å². The average Bonchev–Trinajstić information content (AvgIpc) is 2.74. The van der Waals surface area contributed by atoms with Gasteiger partial charge in [-0.2, -0.15) is 0 Å². The van der Waals surface area contributed by atoms with E-state index < -0.39 is 0 Å². The van der Waals surface area contributed by atoms with E-state index in [0.717, 1.165) is 43.2 Å². The Morgan fingerprint density at radius 1 is 1.23 bits per heavy atom. The van der Waals surface area contributed by atoms with Crippen molar-refractivity contribution in [2.24, 2.45) is 16.6 Å². The van der Waals surface area contributed by atoms with Crippen molar-refractivity contribution < 1.29 is 4.52 Å². The van der Waals surface area contributed by atoms with Crippen LogP contribution in [-0.4, -0.2) is 23.7 Å². The van der Waals surface area contributed by atoms with Crippen LogP contribution in [0.5, 0.6) is 0 Å². The number of rotatable bonds is 9. The van der Waals surface area contributed by atoms with E-state index >= 15 is 0 Å². The summed E-state index contributed by atoms with van der Waals surface area (Å²) in [5.41, 5.74) is 8.11. The number of nitrogens with two attached hydrogens (primary N) is 1. The highest BCUT2D eigenvalue weighted by Crippen LogP contribution is 2.14. The monoisotopic (exact) mass is 308 g/mol. The Balaban J connectivity index is 2.22. The van der Waals surface area contributed by atoms with Gasteiger partial charge in [-0.1, -0.05) is 31.8 Å². The van der Waals surface area contributed by atoms with Crippen LogP contribution in [-0.2, 0) is 6.42 Å². The number of guanidine groups is 1. The van der Waals surface area contributed by atoms with Gasteiger partial charge in [-0.3, -0.25) is 4.99 Å². The van der Waals surface area contributed by atoms with Crippen molar-refractivity contribution in [3.63, 3.8) is 0 Å². The van der Waals surface area contributed by atoms with E-state index in [0.29, 0.717) is 12.0 Å². The number of aliphatic imine (C=N–C) groups is 1. The second-order valence-corrected chi connectivity index (χ2v) is 6.54. The van der Waals surface area contributed by atoms with Gasteiger partial charge in [-0.25, -0.2) is 0 Å². The van der Waals surface area contributed by atoms with Crippen LogP contribution in [0.1, 0.15) is 63.5 Å². The molecule has 1 aromatic heterocycles. The summed E-state index contributed by atoms with van der Waals surface area (Å²) in [5, 5.41) is 7.23. The van der Waals surface area contributed by atoms with E-state index in [9.17, 15) is 0 Å². The fraction of sp³-hybridized carbons (Fsp3) is 0.765. The molecule has 0 spiro atoms. The molecular formula is C17H32N4O. The first-order valence-electron chi connectivity index (χ1n) is 8.38. The smallest absolute Gasteiger partial charge is 0.188 e. The molecular weight excluding hydrogens is 276 g/mol. The maximum Gasteiger partial charge on any atom is 0.188 e. The van der Waals surface area contributed by atoms with Gasteiger partial charge in [0.15, 0.2) is 5.96 Å². The first kappa shape index (κ1) is 18.5. The molecule has 0 aliphatic carbocycles. The van der Waals surface area contributed by atoms with Crippen LogP contribution in [0.3, 0.4) is 0 Å². The normalized spacial score (nSPS) is 13.6. The predicted octanol–water partition coefficient (Wildman–Crippen LogP) is 3.34. The number of aromatic nitrogens is 1. The first-order chi connectivity index (χ1) is 10.4. The minimum atomic E-state index is 0.380. The molecule has 0 aromatic carbocycles. The SMILES string of the molecule is Cc1noc(C)c1CCCN=C(N)NC(C)CCCC(C)C. The molecule has 5 nitrogen and oxygen atoms in total. The first-order valence-corrected chi connectivity index (χ1v) is 8.38. The number of hydrogen-bond acceptors (Lipinski definition) is 3. The van der Waals surface area contributed by atoms with E-state index in [1.54, 1.807) is 0 Å². The lowest BCUT2D eigenvalue weighted by Gasteiger charge is -2.15. The van der Waals surface area contributed by atoms with Crippen molar-refractivity contribution in [2.45, 2.75) is 72.8 Å². The van der Waals surface area contributed by atoms with Crippen LogP contribution in [0.2, 0.25) is 0 Å². The van der Waals surface area contributed by atoms with Gasteiger partial charge >= 0.3 is 0 Å². The molecule has 0 saturated heterocycles. The van der Waals surface area contributed by atoms with Gasteiger partial charge in [-0.15, -0.1) is 0 Å². The third-order valence-corrected chi connectivity index (χ3v) is 3.86. The lowest BCUT2D eigenvalue weighted by molar-refractivity contribution is 0.392. The molecule has 0 fully saturated rings. The molecule has 1 atom stereocenters. The van der Waals surface area contributed by atoms with Gasteiger partial charge in [0.2, 0.25) is 0 Å². The lowest BCUT2D eigenvalue weighted by Crippen LogP contribution is -2.38. The Bertz CT molecular complexity index is 446. The molecule has 0 aliphatic heterocycles. The molecule has 126 valence electrons. The fourth-order valence-electron chi connectivity index (χ4n) is 2.52. The van der Waals surface area contributed by atoms with Gasteiger partial charge < -0.3 is 15.6 Å². The Labute approximate surface area is 134 Å². The summed E-state index contributed by atoms with van der Waals surface area (Å²) in [5.74, 6) is 2.23. The second kappa shape index (κ2) is 9.49. The number of nitrogens with one attached hydrogen (secondary N) is 1. The van der Waals surface area contributed by atoms with Crippen LogP contribution in [0.15, 0.2) is 9.52 Å². The fourth-order valence-corrected chi connectivity index (χ4v) is 2.52. The summed E-state index contributed by atoms with van der Waals surface area (Å²) < 4.78 is 5.16. The number of hydrogen-bond donors (Lipinski definition) is 2. The maximum absolute atomic E-state index is 5.93. The largest absolute Gasteiger partial charge is 0.370 e. The molecule has 1 unspecified atom stereocenters. The molecule has 0 radical (unpaired) electrons. The second-order valence-electron chi connectivity index (χ2n) is 6.54. The summed E-state index contributed by atoms with van der Waals surface area (Å²) >= 11 is 0. The van der Waals surface area contributed by atoms with Crippen molar-refractivity contribution >= 4 is 5.96 Å². The minimum Gasteiger partial charge on any atom is -0.370 e. The molecule has 1 aromatic rings. The summed E-state index contributed by atoms with van der Waals surface area (Å²) in [6, 6.07) is 0.380. The Hall–Kier alpha value is -1.52. The number of nitrogens with zero attached hydrogens (tertiary/aromatic N) is 2. The standard InChI is InChI=1S/C17H32N4O/c1-12(2)8-6-9-13(3)20-17(18)19-11-7-10-16-14(4)21-22-15(16)5/h12-13H,6-11H2,1-5H3,(H3,18,19,20). The third-order valence-electron chi connectivity index (χ3n) is 3.86. The highest BCUT2D eigenvalue weighted by molar-refractivity contribution is 5.78. The predicted molar refractivity (Wildman–Crippen MR) is 92.1 cm³/mol. The van der Waals surface area contributed by atoms with E-state index in [4.69, 9.17) is 10.3 Å². The van der Waals surface area contributed by atoms with E-state index in [1.165, 1.54) is 18.4 Å². The van der Waals surface area contributed by atoms with Crippen molar-refractivity contribution in [2.75, 3.05) is 6.54 Å². The highest BCUT2D eigenvalue weighted by atomic mass is 16.5. The van der Waals surface area contributed by atoms with Crippen LogP contribution < -0.4 is 11.1 Å². The van der Waals surface area contributed by atoms with E-state index in [1.807, 2.05) is 13.8 Å². The zero-order chi connectivity index (χ0) is 16.5. The molecule has 22 heavy (non-hydrogen) atoms. The third kappa shape index (κ3) is 6.96. The molecule has 1 rings (SSSR count). The molecule has 5 heteroatoms. The quantitative estimate of drug-likeness (QED) is 0.417. The molecule has 0 aliphatic rings. The van der Waals surface area contributed by atoms with Crippen LogP contribution >= 0.6 is 0 Å². The van der Waals surface area contributed by atoms with Gasteiger partial charge in [0, 0.05) is 18.2 Å². The van der Waals surface area contributed by atoms with Gasteiger partial charge in [-0.05, 0) is 46.0 Å². The summed E-state index contributed by atoms with van der Waals surface area (Å²) in [6.45, 7) is 11.3. The van der Waals surface area contributed by atoms with Crippen LogP contribution in [0.4, 0.5) is 0 Å². The highest BCUT2D eigenvalue weighted by Gasteiger charge is 2.08. The Morgan fingerprint density at radius 2 is 1.95 bits per heavy atom. The van der Waals surface area contributed by atoms with E-state index in [2.05, 4.69) is 36.2 Å². The zero-order valence-corrected chi connectivity index (χ0v) is 14.8. The summed E-state index contributed by atoms with van der Waals surface area (Å²) in [4.78, 5) is 4.40. The molecule has 0 bridgehead atoms. The van der Waals surface area contributed by atoms with Crippen LogP contribution in [0.25, 0.3) is 0 Å². The molecule has 0 amide bonds. The number of aryl methyl sites for hydroxylation is 2. The van der Waals surface area contributed by atoms with Crippen molar-refractivity contribution in [3.05, 3.63) is 17.0 Å².